The molecule has 1 saturated heterocycles. The third-order valence-corrected chi connectivity index (χ3v) is 5.57. The van der Waals surface area contributed by atoms with E-state index in [1.807, 2.05) is 18.7 Å². The summed E-state index contributed by atoms with van der Waals surface area (Å²) in [4.78, 5) is 27.7. The second-order valence-corrected chi connectivity index (χ2v) is 7.09. The van der Waals surface area contributed by atoms with Gasteiger partial charge in [-0.1, -0.05) is 26.2 Å². The van der Waals surface area contributed by atoms with E-state index in [4.69, 9.17) is 0 Å². The largest absolute Gasteiger partial charge is 0.340 e. The SMILES string of the molecule is CCC1(C)NC(=O)C2(CCCCC2)N(CC2CC2)C1=O. The average molecular weight is 278 g/mol. The number of piperazine rings is 1. The minimum absolute atomic E-state index is 0.0989. The van der Waals surface area contributed by atoms with Gasteiger partial charge in [-0.3, -0.25) is 9.59 Å². The molecular formula is C16H26N2O2. The first-order chi connectivity index (χ1) is 9.52. The van der Waals surface area contributed by atoms with E-state index in [2.05, 4.69) is 5.32 Å². The van der Waals surface area contributed by atoms with Crippen molar-refractivity contribution >= 4 is 11.8 Å². The Morgan fingerprint density at radius 3 is 2.40 bits per heavy atom. The van der Waals surface area contributed by atoms with Gasteiger partial charge in [0.25, 0.3) is 0 Å². The topological polar surface area (TPSA) is 49.4 Å². The molecule has 1 N–H and O–H groups in total. The van der Waals surface area contributed by atoms with Crippen molar-refractivity contribution in [2.75, 3.05) is 6.54 Å². The van der Waals surface area contributed by atoms with Crippen LogP contribution >= 0.6 is 0 Å². The molecule has 2 aliphatic carbocycles. The minimum atomic E-state index is -0.700. The molecule has 3 aliphatic rings. The average Bonchev–Trinajstić information content (AvgIpc) is 3.27. The first kappa shape index (κ1) is 13.9. The molecule has 1 aliphatic heterocycles. The van der Waals surface area contributed by atoms with Gasteiger partial charge in [0.05, 0.1) is 0 Å². The van der Waals surface area contributed by atoms with Gasteiger partial charge < -0.3 is 10.2 Å². The second kappa shape index (κ2) is 4.74. The molecule has 0 radical (unpaired) electrons. The number of amides is 2. The highest BCUT2D eigenvalue weighted by atomic mass is 16.2. The van der Waals surface area contributed by atoms with Crippen molar-refractivity contribution in [3.05, 3.63) is 0 Å². The lowest BCUT2D eigenvalue weighted by molar-refractivity contribution is -0.165. The molecule has 1 atom stereocenters. The molecule has 2 amide bonds. The number of nitrogens with one attached hydrogen (secondary N) is 1. The predicted octanol–water partition coefficient (Wildman–Crippen LogP) is 2.23. The molecule has 20 heavy (non-hydrogen) atoms. The van der Waals surface area contributed by atoms with Gasteiger partial charge in [-0.25, -0.2) is 0 Å². The molecular weight excluding hydrogens is 252 g/mol. The van der Waals surface area contributed by atoms with Crippen LogP contribution < -0.4 is 5.32 Å². The number of nitrogens with zero attached hydrogens (tertiary/aromatic N) is 1. The van der Waals surface area contributed by atoms with Crippen molar-refractivity contribution in [1.29, 1.82) is 0 Å². The Hall–Kier alpha value is -1.06. The van der Waals surface area contributed by atoms with E-state index >= 15 is 0 Å². The number of rotatable bonds is 3. The van der Waals surface area contributed by atoms with Crippen molar-refractivity contribution in [2.45, 2.75) is 76.3 Å². The van der Waals surface area contributed by atoms with E-state index in [0.717, 1.165) is 32.2 Å². The van der Waals surface area contributed by atoms with Gasteiger partial charge in [-0.05, 0) is 44.9 Å². The van der Waals surface area contributed by atoms with E-state index in [-0.39, 0.29) is 11.8 Å². The summed E-state index contributed by atoms with van der Waals surface area (Å²) in [5.74, 6) is 0.875. The fraction of sp³-hybridized carbons (Fsp3) is 0.875. The molecule has 112 valence electrons. The van der Waals surface area contributed by atoms with Crippen molar-refractivity contribution in [1.82, 2.24) is 10.2 Å². The Labute approximate surface area is 121 Å². The lowest BCUT2D eigenvalue weighted by Gasteiger charge is -2.53. The Kier molecular flexibility index (Phi) is 3.30. The van der Waals surface area contributed by atoms with Gasteiger partial charge >= 0.3 is 0 Å². The highest BCUT2D eigenvalue weighted by Gasteiger charge is 2.56. The Bertz CT molecular complexity index is 424. The maximum Gasteiger partial charge on any atom is 0.248 e. The van der Waals surface area contributed by atoms with E-state index in [1.54, 1.807) is 0 Å². The first-order valence-electron chi connectivity index (χ1n) is 8.16. The van der Waals surface area contributed by atoms with Crippen molar-refractivity contribution < 1.29 is 9.59 Å². The van der Waals surface area contributed by atoms with Gasteiger partial charge in [0, 0.05) is 6.54 Å². The zero-order valence-corrected chi connectivity index (χ0v) is 12.7. The monoisotopic (exact) mass is 278 g/mol. The number of carbonyl (C=O) groups excluding carboxylic acids is 2. The lowest BCUT2D eigenvalue weighted by Crippen LogP contribution is -2.75. The highest BCUT2D eigenvalue weighted by molar-refractivity contribution is 6.02. The van der Waals surface area contributed by atoms with Crippen LogP contribution in [0.4, 0.5) is 0 Å². The Morgan fingerprint density at radius 2 is 1.85 bits per heavy atom. The summed E-state index contributed by atoms with van der Waals surface area (Å²) in [7, 11) is 0. The summed E-state index contributed by atoms with van der Waals surface area (Å²) in [6.07, 6.45) is 8.08. The van der Waals surface area contributed by atoms with E-state index in [9.17, 15) is 9.59 Å². The third kappa shape index (κ3) is 2.04. The predicted molar refractivity (Wildman–Crippen MR) is 77.1 cm³/mol. The smallest absolute Gasteiger partial charge is 0.248 e. The van der Waals surface area contributed by atoms with Crippen LogP contribution in [0.3, 0.4) is 0 Å². The van der Waals surface area contributed by atoms with Crippen LogP contribution in [0.25, 0.3) is 0 Å². The van der Waals surface area contributed by atoms with E-state index < -0.39 is 11.1 Å². The normalized spacial score (nSPS) is 33.4. The second-order valence-electron chi connectivity index (χ2n) is 7.09. The maximum atomic E-state index is 13.0. The van der Waals surface area contributed by atoms with Crippen LogP contribution in [-0.2, 0) is 9.59 Å². The molecule has 1 heterocycles. The van der Waals surface area contributed by atoms with Crippen molar-refractivity contribution in [3.63, 3.8) is 0 Å². The molecule has 4 nitrogen and oxygen atoms in total. The van der Waals surface area contributed by atoms with Gasteiger partial charge in [0.15, 0.2) is 0 Å². The van der Waals surface area contributed by atoms with Crippen molar-refractivity contribution in [3.8, 4) is 0 Å². The summed E-state index contributed by atoms with van der Waals surface area (Å²) in [5, 5.41) is 3.05. The van der Waals surface area contributed by atoms with Crippen LogP contribution in [0.2, 0.25) is 0 Å². The van der Waals surface area contributed by atoms with Crippen molar-refractivity contribution in [2.24, 2.45) is 5.92 Å². The fourth-order valence-corrected chi connectivity index (χ4v) is 3.72. The van der Waals surface area contributed by atoms with Gasteiger partial charge in [-0.15, -0.1) is 0 Å². The maximum absolute atomic E-state index is 13.0. The minimum Gasteiger partial charge on any atom is -0.340 e. The molecule has 1 unspecified atom stereocenters. The quantitative estimate of drug-likeness (QED) is 0.860. The number of hydrogen-bond donors (Lipinski definition) is 1. The molecule has 3 rings (SSSR count). The van der Waals surface area contributed by atoms with E-state index in [1.165, 1.54) is 19.3 Å². The first-order valence-corrected chi connectivity index (χ1v) is 8.16. The molecule has 2 saturated carbocycles. The molecule has 0 aromatic rings. The standard InChI is InChI=1S/C16H26N2O2/c1-3-15(2)14(20)18(11-12-7-8-12)16(13(19)17-15)9-5-4-6-10-16/h12H,3-11H2,1-2H3,(H,17,19). The fourth-order valence-electron chi connectivity index (χ4n) is 3.72. The molecule has 4 heteroatoms. The molecule has 0 aromatic heterocycles. The van der Waals surface area contributed by atoms with E-state index in [0.29, 0.717) is 12.3 Å². The van der Waals surface area contributed by atoms with Crippen LogP contribution in [0, 0.1) is 5.92 Å². The molecule has 0 bridgehead atoms. The third-order valence-electron chi connectivity index (χ3n) is 5.57. The Balaban J connectivity index is 1.94. The summed E-state index contributed by atoms with van der Waals surface area (Å²) in [6.45, 7) is 4.65. The number of carbonyl (C=O) groups is 2. The van der Waals surface area contributed by atoms with Crippen LogP contribution in [-0.4, -0.2) is 34.3 Å². The summed E-state index contributed by atoms with van der Waals surface area (Å²) >= 11 is 0. The summed E-state index contributed by atoms with van der Waals surface area (Å²) < 4.78 is 0. The zero-order chi connectivity index (χ0) is 14.4. The summed E-state index contributed by atoms with van der Waals surface area (Å²) in [5.41, 5.74) is -1.23. The molecule has 0 aromatic carbocycles. The Morgan fingerprint density at radius 1 is 1.20 bits per heavy atom. The van der Waals surface area contributed by atoms with Gasteiger partial charge in [0.2, 0.25) is 11.8 Å². The van der Waals surface area contributed by atoms with Crippen LogP contribution in [0.15, 0.2) is 0 Å². The number of hydrogen-bond acceptors (Lipinski definition) is 2. The lowest BCUT2D eigenvalue weighted by atomic mass is 9.75. The van der Waals surface area contributed by atoms with Crippen LogP contribution in [0.1, 0.15) is 65.2 Å². The summed E-state index contributed by atoms with van der Waals surface area (Å²) in [6, 6.07) is 0. The molecule has 3 fully saturated rings. The highest BCUT2D eigenvalue weighted by Crippen LogP contribution is 2.42. The van der Waals surface area contributed by atoms with Gasteiger partial charge in [0.1, 0.15) is 11.1 Å². The van der Waals surface area contributed by atoms with Crippen LogP contribution in [0.5, 0.6) is 0 Å². The van der Waals surface area contributed by atoms with Gasteiger partial charge in [-0.2, -0.15) is 0 Å². The molecule has 1 spiro atoms. The zero-order valence-electron chi connectivity index (χ0n) is 12.7.